The number of ether oxygens (including phenoxy) is 1. The first-order chi connectivity index (χ1) is 13.6. The maximum atomic E-state index is 12.5. The minimum absolute atomic E-state index is 0.121. The molecule has 2 aromatic carbocycles. The normalized spacial score (nSPS) is 9.86. The zero-order valence-corrected chi connectivity index (χ0v) is 14.8. The Labute approximate surface area is 160 Å². The highest BCUT2D eigenvalue weighted by Crippen LogP contribution is 2.19. The van der Waals surface area contributed by atoms with E-state index in [1.807, 2.05) is 0 Å². The summed E-state index contributed by atoms with van der Waals surface area (Å²) in [5.74, 6) is -0.604. The van der Waals surface area contributed by atoms with Gasteiger partial charge in [-0.15, -0.1) is 0 Å². The van der Waals surface area contributed by atoms with Gasteiger partial charge in [-0.3, -0.25) is 4.79 Å². The summed E-state index contributed by atoms with van der Waals surface area (Å²) in [5.41, 5.74) is 1.89. The average Bonchev–Trinajstić information content (AvgIpc) is 2.74. The van der Waals surface area contributed by atoms with Crippen LogP contribution in [0.4, 0.5) is 17.2 Å². The number of carbonyl (C=O) groups is 2. The van der Waals surface area contributed by atoms with E-state index >= 15 is 0 Å². The fraction of sp³-hybridized carbons (Fsp3) is 0.0500. The van der Waals surface area contributed by atoms with Crippen molar-refractivity contribution >= 4 is 29.1 Å². The van der Waals surface area contributed by atoms with E-state index in [-0.39, 0.29) is 5.69 Å². The quantitative estimate of drug-likeness (QED) is 0.660. The van der Waals surface area contributed by atoms with E-state index < -0.39 is 11.9 Å². The molecule has 28 heavy (non-hydrogen) atoms. The number of aromatic nitrogens is 2. The lowest BCUT2D eigenvalue weighted by atomic mass is 10.2. The molecule has 1 aromatic heterocycles. The number of anilines is 3. The lowest BCUT2D eigenvalue weighted by molar-refractivity contribution is 0.0600. The van der Waals surface area contributed by atoms with Gasteiger partial charge in [0, 0.05) is 11.8 Å². The van der Waals surface area contributed by atoms with Gasteiger partial charge in [0.15, 0.2) is 0 Å². The van der Waals surface area contributed by atoms with Crippen LogP contribution in [0.25, 0.3) is 0 Å². The van der Waals surface area contributed by atoms with Crippen molar-refractivity contribution in [2.45, 2.75) is 0 Å². The molecule has 0 aliphatic carbocycles. The third-order valence-electron chi connectivity index (χ3n) is 3.75. The van der Waals surface area contributed by atoms with Gasteiger partial charge >= 0.3 is 5.97 Å². The van der Waals surface area contributed by atoms with Crippen LogP contribution in [0.5, 0.6) is 0 Å². The number of esters is 1. The first-order valence-corrected chi connectivity index (χ1v) is 8.18. The summed E-state index contributed by atoms with van der Waals surface area (Å²) in [6, 6.07) is 16.9. The number of hydrogen-bond acceptors (Lipinski definition) is 7. The Balaban J connectivity index is 1.78. The number of amides is 1. The Kier molecular flexibility index (Phi) is 5.58. The standard InChI is InChI=1S/C20H15N5O3/c1-28-20(27)13-6-4-7-15(9-13)24-19(26)17-10-18(23-12-22-17)25-16-8-3-2-5-14(16)11-21/h2-10,12H,1H3,(H,24,26)(H,22,23,25). The second-order valence-corrected chi connectivity index (χ2v) is 5.60. The van der Waals surface area contributed by atoms with Gasteiger partial charge in [-0.25, -0.2) is 14.8 Å². The van der Waals surface area contributed by atoms with Crippen molar-refractivity contribution in [3.05, 3.63) is 77.7 Å². The van der Waals surface area contributed by atoms with Gasteiger partial charge in [-0.05, 0) is 30.3 Å². The molecule has 0 aliphatic heterocycles. The largest absolute Gasteiger partial charge is 0.465 e. The topological polar surface area (TPSA) is 117 Å². The van der Waals surface area contributed by atoms with Crippen LogP contribution in [-0.4, -0.2) is 29.0 Å². The van der Waals surface area contributed by atoms with Crippen LogP contribution in [0.1, 0.15) is 26.4 Å². The molecular weight excluding hydrogens is 358 g/mol. The Morgan fingerprint density at radius 2 is 1.89 bits per heavy atom. The van der Waals surface area contributed by atoms with Gasteiger partial charge in [-0.2, -0.15) is 5.26 Å². The smallest absolute Gasteiger partial charge is 0.337 e. The number of benzene rings is 2. The highest BCUT2D eigenvalue weighted by atomic mass is 16.5. The molecule has 0 fully saturated rings. The van der Waals surface area contributed by atoms with Crippen molar-refractivity contribution in [3.8, 4) is 6.07 Å². The molecule has 1 amide bonds. The molecule has 0 saturated heterocycles. The number of nitriles is 1. The van der Waals surface area contributed by atoms with E-state index in [0.29, 0.717) is 28.3 Å². The molecule has 8 heteroatoms. The van der Waals surface area contributed by atoms with E-state index in [1.54, 1.807) is 42.5 Å². The van der Waals surface area contributed by atoms with E-state index in [4.69, 9.17) is 5.26 Å². The number of nitrogens with zero attached hydrogens (tertiary/aromatic N) is 3. The van der Waals surface area contributed by atoms with Crippen molar-refractivity contribution in [2.75, 3.05) is 17.7 Å². The van der Waals surface area contributed by atoms with Crippen LogP contribution in [0, 0.1) is 11.3 Å². The molecule has 8 nitrogen and oxygen atoms in total. The second kappa shape index (κ2) is 8.42. The zero-order valence-electron chi connectivity index (χ0n) is 14.8. The number of methoxy groups -OCH3 is 1. The minimum Gasteiger partial charge on any atom is -0.465 e. The van der Waals surface area contributed by atoms with Crippen molar-refractivity contribution < 1.29 is 14.3 Å². The maximum Gasteiger partial charge on any atom is 0.337 e. The van der Waals surface area contributed by atoms with Gasteiger partial charge in [0.1, 0.15) is 23.9 Å². The Bertz CT molecular complexity index is 1080. The van der Waals surface area contributed by atoms with Crippen LogP contribution < -0.4 is 10.6 Å². The molecule has 0 atom stereocenters. The summed E-state index contributed by atoms with van der Waals surface area (Å²) in [6.07, 6.45) is 1.25. The predicted molar refractivity (Wildman–Crippen MR) is 102 cm³/mol. The van der Waals surface area contributed by atoms with Gasteiger partial charge < -0.3 is 15.4 Å². The lowest BCUT2D eigenvalue weighted by Crippen LogP contribution is -2.15. The summed E-state index contributed by atoms with van der Waals surface area (Å²) < 4.78 is 4.67. The Morgan fingerprint density at radius 3 is 2.68 bits per heavy atom. The highest BCUT2D eigenvalue weighted by Gasteiger charge is 2.12. The second-order valence-electron chi connectivity index (χ2n) is 5.60. The number of rotatable bonds is 5. The third kappa shape index (κ3) is 4.28. The molecule has 3 aromatic rings. The predicted octanol–water partition coefficient (Wildman–Crippen LogP) is 3.13. The molecule has 0 radical (unpaired) electrons. The molecule has 0 saturated carbocycles. The van der Waals surface area contributed by atoms with Crippen molar-refractivity contribution in [1.29, 1.82) is 5.26 Å². The SMILES string of the molecule is COC(=O)c1cccc(NC(=O)c2cc(Nc3ccccc3C#N)ncn2)c1. The molecule has 0 bridgehead atoms. The summed E-state index contributed by atoms with van der Waals surface area (Å²) in [7, 11) is 1.29. The first-order valence-electron chi connectivity index (χ1n) is 8.18. The van der Waals surface area contributed by atoms with E-state index in [0.717, 1.165) is 0 Å². The van der Waals surface area contributed by atoms with E-state index in [2.05, 4.69) is 31.4 Å². The molecule has 1 heterocycles. The summed E-state index contributed by atoms with van der Waals surface area (Å²) >= 11 is 0. The minimum atomic E-state index is -0.499. The number of hydrogen-bond donors (Lipinski definition) is 2. The first kappa shape index (κ1) is 18.5. The fourth-order valence-electron chi connectivity index (χ4n) is 2.41. The zero-order chi connectivity index (χ0) is 19.9. The molecule has 3 rings (SSSR count). The summed E-state index contributed by atoms with van der Waals surface area (Å²) in [6.45, 7) is 0. The fourth-order valence-corrected chi connectivity index (χ4v) is 2.41. The monoisotopic (exact) mass is 373 g/mol. The third-order valence-corrected chi connectivity index (χ3v) is 3.75. The molecular formula is C20H15N5O3. The van der Waals surface area contributed by atoms with Gasteiger partial charge in [-0.1, -0.05) is 18.2 Å². The molecule has 0 aliphatic rings. The van der Waals surface area contributed by atoms with Crippen LogP contribution in [0.3, 0.4) is 0 Å². The molecule has 0 spiro atoms. The molecule has 2 N–H and O–H groups in total. The van der Waals surface area contributed by atoms with E-state index in [9.17, 15) is 9.59 Å². The van der Waals surface area contributed by atoms with Crippen LogP contribution in [-0.2, 0) is 4.74 Å². The number of para-hydroxylation sites is 1. The van der Waals surface area contributed by atoms with Gasteiger partial charge in [0.05, 0.1) is 23.9 Å². The van der Waals surface area contributed by atoms with Gasteiger partial charge in [0.25, 0.3) is 5.91 Å². The molecule has 0 unspecified atom stereocenters. The lowest BCUT2D eigenvalue weighted by Gasteiger charge is -2.09. The number of carbonyl (C=O) groups excluding carboxylic acids is 2. The van der Waals surface area contributed by atoms with Crippen LogP contribution in [0.15, 0.2) is 60.9 Å². The van der Waals surface area contributed by atoms with Crippen LogP contribution >= 0.6 is 0 Å². The maximum absolute atomic E-state index is 12.5. The average molecular weight is 373 g/mol. The van der Waals surface area contributed by atoms with Crippen molar-refractivity contribution in [2.24, 2.45) is 0 Å². The van der Waals surface area contributed by atoms with E-state index in [1.165, 1.54) is 25.6 Å². The van der Waals surface area contributed by atoms with Crippen LogP contribution in [0.2, 0.25) is 0 Å². The molecule has 138 valence electrons. The summed E-state index contributed by atoms with van der Waals surface area (Å²) in [4.78, 5) is 32.1. The highest BCUT2D eigenvalue weighted by molar-refractivity contribution is 6.04. The van der Waals surface area contributed by atoms with Crippen molar-refractivity contribution in [3.63, 3.8) is 0 Å². The Hall–Kier alpha value is -4.25. The Morgan fingerprint density at radius 1 is 1.07 bits per heavy atom. The number of nitrogens with one attached hydrogen (secondary N) is 2. The van der Waals surface area contributed by atoms with Gasteiger partial charge in [0.2, 0.25) is 0 Å². The summed E-state index contributed by atoms with van der Waals surface area (Å²) in [5, 5.41) is 14.8. The van der Waals surface area contributed by atoms with Crippen molar-refractivity contribution in [1.82, 2.24) is 9.97 Å².